The number of carbonyl (C=O) groups is 1. The Morgan fingerprint density at radius 1 is 1.19 bits per heavy atom. The molecule has 1 aromatic carbocycles. The van der Waals surface area contributed by atoms with Crippen molar-refractivity contribution < 1.29 is 17.9 Å². The van der Waals surface area contributed by atoms with E-state index in [9.17, 15) is 13.2 Å². The van der Waals surface area contributed by atoms with Gasteiger partial charge in [0.15, 0.2) is 0 Å². The molecule has 0 saturated carbocycles. The Morgan fingerprint density at radius 3 is 2.52 bits per heavy atom. The number of hydrogen-bond donors (Lipinski definition) is 1. The predicted octanol–water partition coefficient (Wildman–Crippen LogP) is 1.26. The van der Waals surface area contributed by atoms with Crippen LogP contribution in [0.1, 0.15) is 29.8 Å². The lowest BCUT2D eigenvalue weighted by Gasteiger charge is -2.38. The van der Waals surface area contributed by atoms with Gasteiger partial charge >= 0.3 is 0 Å². The van der Waals surface area contributed by atoms with Gasteiger partial charge in [-0.2, -0.15) is 4.31 Å². The van der Waals surface area contributed by atoms with E-state index in [0.29, 0.717) is 44.0 Å². The topological polar surface area (TPSA) is 79.0 Å². The summed E-state index contributed by atoms with van der Waals surface area (Å²) in [5.74, 6) is -0.121. The number of amides is 1. The minimum Gasteiger partial charge on any atom is -0.379 e. The summed E-state index contributed by atoms with van der Waals surface area (Å²) in [7, 11) is -3.63. The van der Waals surface area contributed by atoms with Gasteiger partial charge in [-0.25, -0.2) is 8.42 Å². The third-order valence-electron chi connectivity index (χ3n) is 5.32. The van der Waals surface area contributed by atoms with E-state index in [1.165, 1.54) is 10.4 Å². The Hall–Kier alpha value is -1.19. The molecule has 0 aromatic heterocycles. The summed E-state index contributed by atoms with van der Waals surface area (Å²) in [5.41, 5.74) is 1.07. The molecule has 2 heterocycles. The zero-order valence-corrected chi connectivity index (χ0v) is 17.6. The van der Waals surface area contributed by atoms with Crippen molar-refractivity contribution in [3.05, 3.63) is 29.3 Å². The molecule has 2 fully saturated rings. The van der Waals surface area contributed by atoms with Crippen LogP contribution < -0.4 is 5.32 Å². The average molecular weight is 418 g/mol. The van der Waals surface area contributed by atoms with Gasteiger partial charge in [0.2, 0.25) is 10.0 Å². The third-order valence-corrected chi connectivity index (χ3v) is 7.36. The van der Waals surface area contributed by atoms with Gasteiger partial charge in [0.25, 0.3) is 5.91 Å². The molecule has 27 heavy (non-hydrogen) atoms. The first-order valence-electron chi connectivity index (χ1n) is 9.05. The highest BCUT2D eigenvalue weighted by atomic mass is 35.5. The molecule has 0 spiro atoms. The van der Waals surface area contributed by atoms with Crippen LogP contribution in [-0.4, -0.2) is 75.0 Å². The number of sulfonamides is 1. The molecule has 2 saturated heterocycles. The number of morpholine rings is 1. The molecule has 2 unspecified atom stereocenters. The van der Waals surface area contributed by atoms with Gasteiger partial charge in [-0.1, -0.05) is 6.07 Å². The fourth-order valence-corrected chi connectivity index (χ4v) is 5.10. The lowest BCUT2D eigenvalue weighted by atomic mass is 10.0. The van der Waals surface area contributed by atoms with E-state index in [1.807, 2.05) is 18.7 Å². The quantitative estimate of drug-likeness (QED) is 0.801. The van der Waals surface area contributed by atoms with Gasteiger partial charge < -0.3 is 15.0 Å². The van der Waals surface area contributed by atoms with Crippen LogP contribution >= 0.6 is 12.4 Å². The standard InChI is InChI=1S/C18H27N3O4S.ClH/c1-13-4-5-16(18(22)21-7-6-19-14(2)15(21)3)12-17(13)26(23,24)20-8-10-25-11-9-20;/h4-5,12,14-15,19H,6-11H2,1-3H3;1H. The van der Waals surface area contributed by atoms with E-state index < -0.39 is 10.0 Å². The number of benzene rings is 1. The normalized spacial score (nSPS) is 24.3. The van der Waals surface area contributed by atoms with Crippen LogP contribution in [0.5, 0.6) is 0 Å². The molecule has 1 amide bonds. The Kier molecular flexibility index (Phi) is 7.27. The largest absolute Gasteiger partial charge is 0.379 e. The maximum Gasteiger partial charge on any atom is 0.254 e. The second-order valence-corrected chi connectivity index (χ2v) is 8.89. The number of aryl methyl sites for hydroxylation is 1. The molecule has 2 atom stereocenters. The molecule has 2 aliphatic rings. The summed E-state index contributed by atoms with van der Waals surface area (Å²) in [4.78, 5) is 15.0. The monoisotopic (exact) mass is 417 g/mol. The highest BCUT2D eigenvalue weighted by Gasteiger charge is 2.31. The van der Waals surface area contributed by atoms with Crippen molar-refractivity contribution in [1.29, 1.82) is 0 Å². The van der Waals surface area contributed by atoms with Crippen molar-refractivity contribution >= 4 is 28.3 Å². The number of piperazine rings is 1. The van der Waals surface area contributed by atoms with Crippen molar-refractivity contribution in [2.45, 2.75) is 37.8 Å². The van der Waals surface area contributed by atoms with Crippen molar-refractivity contribution in [1.82, 2.24) is 14.5 Å². The number of halogens is 1. The summed E-state index contributed by atoms with van der Waals surface area (Å²) in [6.07, 6.45) is 0. The van der Waals surface area contributed by atoms with Crippen molar-refractivity contribution in [2.75, 3.05) is 39.4 Å². The first-order chi connectivity index (χ1) is 12.3. The molecule has 0 aliphatic carbocycles. The number of carbonyl (C=O) groups excluding carboxylic acids is 1. The molecule has 1 aromatic rings. The average Bonchev–Trinajstić information content (AvgIpc) is 2.64. The molecule has 1 N–H and O–H groups in total. The molecule has 2 aliphatic heterocycles. The van der Waals surface area contributed by atoms with Crippen LogP contribution in [0.2, 0.25) is 0 Å². The Morgan fingerprint density at radius 2 is 1.85 bits per heavy atom. The maximum atomic E-state index is 13.0. The van der Waals surface area contributed by atoms with Gasteiger partial charge in [-0.05, 0) is 38.5 Å². The highest BCUT2D eigenvalue weighted by Crippen LogP contribution is 2.24. The molecule has 7 nitrogen and oxygen atoms in total. The Bertz CT molecular complexity index is 781. The minimum atomic E-state index is -3.63. The molecule has 9 heteroatoms. The van der Waals surface area contributed by atoms with Gasteiger partial charge in [-0.15, -0.1) is 12.4 Å². The van der Waals surface area contributed by atoms with E-state index in [0.717, 1.165) is 6.54 Å². The Labute approximate surface area is 167 Å². The van der Waals surface area contributed by atoms with Crippen LogP contribution in [0.25, 0.3) is 0 Å². The molecule has 0 bridgehead atoms. The van der Waals surface area contributed by atoms with Crippen molar-refractivity contribution in [3.8, 4) is 0 Å². The van der Waals surface area contributed by atoms with Crippen molar-refractivity contribution in [2.24, 2.45) is 0 Å². The first kappa shape index (κ1) is 22.1. The Balaban J connectivity index is 0.00000261. The van der Waals surface area contributed by atoms with Crippen LogP contribution in [0, 0.1) is 6.92 Å². The summed E-state index contributed by atoms with van der Waals surface area (Å²) in [6.45, 7) is 8.64. The van der Waals surface area contributed by atoms with E-state index >= 15 is 0 Å². The van der Waals surface area contributed by atoms with Crippen LogP contribution in [0.4, 0.5) is 0 Å². The number of ether oxygens (including phenoxy) is 1. The second kappa shape index (κ2) is 8.87. The fraction of sp³-hybridized carbons (Fsp3) is 0.611. The summed E-state index contributed by atoms with van der Waals surface area (Å²) in [5, 5.41) is 3.35. The van der Waals surface area contributed by atoms with Crippen molar-refractivity contribution in [3.63, 3.8) is 0 Å². The lowest BCUT2D eigenvalue weighted by Crippen LogP contribution is -2.57. The van der Waals surface area contributed by atoms with E-state index in [4.69, 9.17) is 4.74 Å². The van der Waals surface area contributed by atoms with Crippen LogP contribution in [0.3, 0.4) is 0 Å². The summed E-state index contributed by atoms with van der Waals surface area (Å²) < 4.78 is 32.7. The van der Waals surface area contributed by atoms with Gasteiger partial charge in [0.05, 0.1) is 18.1 Å². The SMILES string of the molecule is Cc1ccc(C(=O)N2CCNC(C)C2C)cc1S(=O)(=O)N1CCOCC1.Cl. The van der Waals surface area contributed by atoms with Gasteiger partial charge in [-0.3, -0.25) is 4.79 Å². The molecular formula is C18H28ClN3O4S. The predicted molar refractivity (Wildman–Crippen MR) is 106 cm³/mol. The van der Waals surface area contributed by atoms with Gasteiger partial charge in [0, 0.05) is 43.8 Å². The maximum absolute atomic E-state index is 13.0. The number of nitrogens with one attached hydrogen (secondary N) is 1. The zero-order chi connectivity index (χ0) is 18.9. The minimum absolute atomic E-state index is 0. The smallest absolute Gasteiger partial charge is 0.254 e. The first-order valence-corrected chi connectivity index (χ1v) is 10.5. The number of hydrogen-bond acceptors (Lipinski definition) is 5. The molecule has 0 radical (unpaired) electrons. The van der Waals surface area contributed by atoms with E-state index in [-0.39, 0.29) is 35.3 Å². The molecule has 152 valence electrons. The van der Waals surface area contributed by atoms with Gasteiger partial charge in [0.1, 0.15) is 0 Å². The lowest BCUT2D eigenvalue weighted by molar-refractivity contribution is 0.0602. The van der Waals surface area contributed by atoms with E-state index in [2.05, 4.69) is 5.32 Å². The van der Waals surface area contributed by atoms with Crippen LogP contribution in [0.15, 0.2) is 23.1 Å². The third kappa shape index (κ3) is 4.46. The fourth-order valence-electron chi connectivity index (χ4n) is 3.45. The zero-order valence-electron chi connectivity index (χ0n) is 16.0. The second-order valence-electron chi connectivity index (χ2n) is 6.98. The molecular weight excluding hydrogens is 390 g/mol. The molecule has 3 rings (SSSR count). The highest BCUT2D eigenvalue weighted by molar-refractivity contribution is 7.89. The van der Waals surface area contributed by atoms with Crippen LogP contribution in [-0.2, 0) is 14.8 Å². The van der Waals surface area contributed by atoms with E-state index in [1.54, 1.807) is 19.1 Å². The number of rotatable bonds is 3. The number of nitrogens with zero attached hydrogens (tertiary/aromatic N) is 2. The summed E-state index contributed by atoms with van der Waals surface area (Å²) >= 11 is 0. The summed E-state index contributed by atoms with van der Waals surface area (Å²) in [6, 6.07) is 5.22.